The number of amides is 1. The summed E-state index contributed by atoms with van der Waals surface area (Å²) in [6, 6.07) is 17.3. The van der Waals surface area contributed by atoms with Gasteiger partial charge in [0.25, 0.3) is 0 Å². The van der Waals surface area contributed by atoms with Crippen LogP contribution in [0.2, 0.25) is 0 Å². The van der Waals surface area contributed by atoms with Crippen LogP contribution in [-0.2, 0) is 9.53 Å². The molecule has 0 unspecified atom stereocenters. The van der Waals surface area contributed by atoms with Crippen molar-refractivity contribution in [3.63, 3.8) is 0 Å². The molecule has 1 amide bonds. The fourth-order valence-corrected chi connectivity index (χ4v) is 2.82. The van der Waals surface area contributed by atoms with Gasteiger partial charge in [-0.1, -0.05) is 49.4 Å². The lowest BCUT2D eigenvalue weighted by Crippen LogP contribution is -2.14. The zero-order chi connectivity index (χ0) is 18.1. The Hall–Kier alpha value is -2.43. The summed E-state index contributed by atoms with van der Waals surface area (Å²) in [5.74, 6) is 0.179. The van der Waals surface area contributed by atoms with Gasteiger partial charge in [-0.15, -0.1) is 0 Å². The number of hydrogen-bond acceptors (Lipinski definition) is 3. The number of benzene rings is 2. The molecule has 0 saturated carbocycles. The van der Waals surface area contributed by atoms with E-state index in [-0.39, 0.29) is 18.6 Å². The highest BCUT2D eigenvalue weighted by atomic mass is 16.5. The molecule has 0 aliphatic heterocycles. The lowest BCUT2D eigenvalue weighted by molar-refractivity contribution is -0.106. The minimum atomic E-state index is -0.0783. The molecule has 4 nitrogen and oxygen atoms in total. The van der Waals surface area contributed by atoms with Crippen molar-refractivity contribution in [1.29, 1.82) is 0 Å². The van der Waals surface area contributed by atoms with Crippen molar-refractivity contribution in [2.75, 3.05) is 18.6 Å². The van der Waals surface area contributed by atoms with Crippen LogP contribution < -0.4 is 4.90 Å². The number of rotatable bonds is 9. The Bertz CT molecular complexity index is 667. The Morgan fingerprint density at radius 1 is 1.08 bits per heavy atom. The normalized spacial score (nSPS) is 13.6. The molecular weight excluding hydrogens is 314 g/mol. The van der Waals surface area contributed by atoms with Gasteiger partial charge in [0.15, 0.2) is 0 Å². The smallest absolute Gasteiger partial charge is 0.218 e. The summed E-state index contributed by atoms with van der Waals surface area (Å²) in [5, 5.41) is 8.88. The third-order valence-electron chi connectivity index (χ3n) is 4.11. The first-order valence-electron chi connectivity index (χ1n) is 8.41. The number of ether oxygens (including phenoxy) is 1. The average Bonchev–Trinajstić information content (AvgIpc) is 2.65. The Morgan fingerprint density at radius 3 is 2.28 bits per heavy atom. The van der Waals surface area contributed by atoms with Crippen LogP contribution in [0.25, 0.3) is 0 Å². The average molecular weight is 339 g/mol. The van der Waals surface area contributed by atoms with Crippen molar-refractivity contribution in [2.45, 2.75) is 19.4 Å². The van der Waals surface area contributed by atoms with Crippen LogP contribution in [-0.4, -0.2) is 25.2 Å². The summed E-state index contributed by atoms with van der Waals surface area (Å²) in [6.07, 6.45) is 5.41. The summed E-state index contributed by atoms with van der Waals surface area (Å²) in [7, 11) is 1.69. The van der Waals surface area contributed by atoms with E-state index < -0.39 is 0 Å². The molecule has 4 heteroatoms. The fourth-order valence-electron chi connectivity index (χ4n) is 2.82. The second kappa shape index (κ2) is 9.77. The van der Waals surface area contributed by atoms with Crippen LogP contribution in [0.4, 0.5) is 11.4 Å². The van der Waals surface area contributed by atoms with Crippen LogP contribution in [0.5, 0.6) is 0 Å². The summed E-state index contributed by atoms with van der Waals surface area (Å²) in [4.78, 5) is 13.1. The molecule has 2 rings (SSSR count). The number of nitrogens with zero attached hydrogens (tertiary/aromatic N) is 1. The molecule has 132 valence electrons. The summed E-state index contributed by atoms with van der Waals surface area (Å²) in [5.41, 5.74) is 2.68. The third kappa shape index (κ3) is 5.02. The summed E-state index contributed by atoms with van der Waals surface area (Å²) < 4.78 is 5.64. The van der Waals surface area contributed by atoms with E-state index in [1.807, 2.05) is 60.7 Å². The molecule has 0 fully saturated rings. The number of carbonyl (C=O) groups is 1. The van der Waals surface area contributed by atoms with E-state index in [0.717, 1.165) is 23.3 Å². The summed E-state index contributed by atoms with van der Waals surface area (Å²) >= 11 is 0. The first-order chi connectivity index (χ1) is 12.2. The largest absolute Gasteiger partial charge is 0.396 e. The molecule has 0 bridgehead atoms. The van der Waals surface area contributed by atoms with Crippen LogP contribution in [0, 0.1) is 5.92 Å². The highest BCUT2D eigenvalue weighted by Gasteiger charge is 2.17. The van der Waals surface area contributed by atoms with Crippen LogP contribution in [0.3, 0.4) is 0 Å². The number of hydrogen-bond donors (Lipinski definition) is 1. The Labute approximate surface area is 149 Å². The van der Waals surface area contributed by atoms with E-state index in [4.69, 9.17) is 9.84 Å². The molecule has 0 radical (unpaired) electrons. The Kier molecular flexibility index (Phi) is 7.38. The molecule has 0 heterocycles. The second-order valence-corrected chi connectivity index (χ2v) is 5.86. The predicted molar refractivity (Wildman–Crippen MR) is 101 cm³/mol. The van der Waals surface area contributed by atoms with Gasteiger partial charge in [0, 0.05) is 31.0 Å². The molecule has 25 heavy (non-hydrogen) atoms. The minimum Gasteiger partial charge on any atom is -0.396 e. The van der Waals surface area contributed by atoms with Crippen molar-refractivity contribution in [3.05, 3.63) is 72.3 Å². The van der Waals surface area contributed by atoms with E-state index in [2.05, 4.69) is 13.0 Å². The zero-order valence-electron chi connectivity index (χ0n) is 14.7. The second-order valence-electron chi connectivity index (χ2n) is 5.86. The number of para-hydroxylation sites is 1. The molecule has 2 aromatic carbocycles. The molecule has 2 atom stereocenters. The van der Waals surface area contributed by atoms with Gasteiger partial charge in [0.1, 0.15) is 0 Å². The molecule has 1 N–H and O–H groups in total. The zero-order valence-corrected chi connectivity index (χ0v) is 14.7. The van der Waals surface area contributed by atoms with Gasteiger partial charge < -0.3 is 9.84 Å². The molecular formula is C21H25NO3. The number of aliphatic hydroxyl groups excluding tert-OH is 1. The number of aliphatic hydroxyl groups is 1. The molecule has 0 spiro atoms. The van der Waals surface area contributed by atoms with E-state index in [9.17, 15) is 4.79 Å². The predicted octanol–water partition coefficient (Wildman–Crippen LogP) is 4.24. The van der Waals surface area contributed by atoms with Gasteiger partial charge in [-0.3, -0.25) is 9.69 Å². The standard InChI is InChI=1S/C21H25NO3/c1-17(8-6-7-15-23)21(25-2)18-11-13-20(14-12-18)22(16-24)19-9-4-3-5-10-19/h3-6,8-14,16-17,21,23H,7,15H2,1-2H3/b8-6+/t17-,21+/m1/s1. The molecule has 0 aliphatic rings. The van der Waals surface area contributed by atoms with E-state index >= 15 is 0 Å². The van der Waals surface area contributed by atoms with Crippen molar-refractivity contribution in [3.8, 4) is 0 Å². The van der Waals surface area contributed by atoms with Crippen LogP contribution in [0.1, 0.15) is 25.0 Å². The molecule has 0 aliphatic carbocycles. The maximum absolute atomic E-state index is 11.5. The van der Waals surface area contributed by atoms with E-state index in [1.54, 1.807) is 12.0 Å². The van der Waals surface area contributed by atoms with E-state index in [0.29, 0.717) is 6.42 Å². The molecule has 0 saturated heterocycles. The highest BCUT2D eigenvalue weighted by molar-refractivity contribution is 5.86. The highest BCUT2D eigenvalue weighted by Crippen LogP contribution is 2.30. The Morgan fingerprint density at radius 2 is 1.72 bits per heavy atom. The van der Waals surface area contributed by atoms with Crippen LogP contribution >= 0.6 is 0 Å². The maximum Gasteiger partial charge on any atom is 0.218 e. The van der Waals surface area contributed by atoms with Crippen molar-refractivity contribution < 1.29 is 14.6 Å². The maximum atomic E-state index is 11.5. The molecule has 0 aromatic heterocycles. The van der Waals surface area contributed by atoms with Gasteiger partial charge in [-0.25, -0.2) is 0 Å². The molecule has 2 aromatic rings. The van der Waals surface area contributed by atoms with Crippen LogP contribution in [0.15, 0.2) is 66.7 Å². The lowest BCUT2D eigenvalue weighted by Gasteiger charge is -2.22. The third-order valence-corrected chi connectivity index (χ3v) is 4.11. The summed E-state index contributed by atoms with van der Waals surface area (Å²) in [6.45, 7) is 2.23. The minimum absolute atomic E-state index is 0.0783. The van der Waals surface area contributed by atoms with Crippen molar-refractivity contribution in [1.82, 2.24) is 0 Å². The van der Waals surface area contributed by atoms with Gasteiger partial charge in [0.05, 0.1) is 6.10 Å². The quantitative estimate of drug-likeness (QED) is 0.549. The van der Waals surface area contributed by atoms with Gasteiger partial charge >= 0.3 is 0 Å². The first-order valence-corrected chi connectivity index (χ1v) is 8.41. The number of anilines is 2. The Balaban J connectivity index is 2.18. The van der Waals surface area contributed by atoms with E-state index in [1.165, 1.54) is 0 Å². The first kappa shape index (κ1) is 18.9. The van der Waals surface area contributed by atoms with Gasteiger partial charge in [-0.05, 0) is 36.2 Å². The fraction of sp³-hybridized carbons (Fsp3) is 0.286. The number of carbonyl (C=O) groups excluding carboxylic acids is 1. The topological polar surface area (TPSA) is 49.8 Å². The van der Waals surface area contributed by atoms with Crippen molar-refractivity contribution >= 4 is 17.8 Å². The van der Waals surface area contributed by atoms with Gasteiger partial charge in [0.2, 0.25) is 6.41 Å². The monoisotopic (exact) mass is 339 g/mol. The lowest BCUT2D eigenvalue weighted by atomic mass is 9.96. The SMILES string of the molecule is CO[C@H](c1ccc(N(C=O)c2ccccc2)cc1)[C@H](C)/C=C/CCO. The van der Waals surface area contributed by atoms with Gasteiger partial charge in [-0.2, -0.15) is 0 Å². The number of methoxy groups -OCH3 is 1. The van der Waals surface area contributed by atoms with Crippen molar-refractivity contribution in [2.24, 2.45) is 5.92 Å².